The molecular formula is C13H25N. The molecule has 1 heteroatoms. The molecule has 0 unspecified atom stereocenters. The monoisotopic (exact) mass is 195 g/mol. The van der Waals surface area contributed by atoms with Gasteiger partial charge in [0.15, 0.2) is 0 Å². The van der Waals surface area contributed by atoms with Gasteiger partial charge in [-0.05, 0) is 39.2 Å². The smallest absolute Gasteiger partial charge is 0.0201 e. The molecule has 0 saturated heterocycles. The quantitative estimate of drug-likeness (QED) is 0.656. The van der Waals surface area contributed by atoms with E-state index in [0.717, 1.165) is 6.42 Å². The standard InChI is InChI=1S/C13H25N/c1-7-13(10(2)3)9-8-12(6)14-11(4)5/h8-11,14H,7H2,1-6H3/b12-8+,13-9+. The first-order chi connectivity index (χ1) is 6.47. The Morgan fingerprint density at radius 3 is 2.07 bits per heavy atom. The van der Waals surface area contributed by atoms with E-state index in [1.807, 2.05) is 0 Å². The average molecular weight is 195 g/mol. The minimum Gasteiger partial charge on any atom is -0.386 e. The van der Waals surface area contributed by atoms with Crippen LogP contribution in [-0.4, -0.2) is 6.04 Å². The maximum atomic E-state index is 3.38. The molecule has 0 spiro atoms. The molecule has 0 aromatic heterocycles. The molecule has 1 nitrogen and oxygen atoms in total. The second-order valence-electron chi connectivity index (χ2n) is 4.40. The van der Waals surface area contributed by atoms with Gasteiger partial charge in [0.05, 0.1) is 0 Å². The molecule has 0 rings (SSSR count). The maximum absolute atomic E-state index is 3.38. The molecule has 0 fully saturated rings. The zero-order valence-electron chi connectivity index (χ0n) is 10.5. The van der Waals surface area contributed by atoms with E-state index in [2.05, 4.69) is 59.0 Å². The number of hydrogen-bond acceptors (Lipinski definition) is 1. The van der Waals surface area contributed by atoms with Gasteiger partial charge >= 0.3 is 0 Å². The van der Waals surface area contributed by atoms with Crippen LogP contribution in [0.1, 0.15) is 48.0 Å². The van der Waals surface area contributed by atoms with Crippen molar-refractivity contribution >= 4 is 0 Å². The predicted octanol–water partition coefficient (Wildman–Crippen LogP) is 3.88. The molecule has 0 aromatic carbocycles. The molecule has 0 bridgehead atoms. The van der Waals surface area contributed by atoms with Crippen LogP contribution in [0.15, 0.2) is 23.4 Å². The highest BCUT2D eigenvalue weighted by Crippen LogP contribution is 2.13. The van der Waals surface area contributed by atoms with Gasteiger partial charge in [0.2, 0.25) is 0 Å². The Labute approximate surface area is 89.3 Å². The topological polar surface area (TPSA) is 12.0 Å². The zero-order chi connectivity index (χ0) is 11.1. The van der Waals surface area contributed by atoms with Gasteiger partial charge in [-0.2, -0.15) is 0 Å². The van der Waals surface area contributed by atoms with Crippen LogP contribution in [0.3, 0.4) is 0 Å². The summed E-state index contributed by atoms with van der Waals surface area (Å²) in [5.41, 5.74) is 2.75. The molecule has 0 aliphatic heterocycles. The van der Waals surface area contributed by atoms with Gasteiger partial charge in [-0.15, -0.1) is 0 Å². The Morgan fingerprint density at radius 1 is 1.14 bits per heavy atom. The first-order valence-corrected chi connectivity index (χ1v) is 5.61. The number of nitrogens with one attached hydrogen (secondary N) is 1. The predicted molar refractivity (Wildman–Crippen MR) is 65.2 cm³/mol. The lowest BCUT2D eigenvalue weighted by atomic mass is 10.0. The minimum absolute atomic E-state index is 0.517. The molecule has 1 N–H and O–H groups in total. The van der Waals surface area contributed by atoms with Crippen molar-refractivity contribution in [1.29, 1.82) is 0 Å². The summed E-state index contributed by atoms with van der Waals surface area (Å²) >= 11 is 0. The third-order valence-electron chi connectivity index (χ3n) is 2.21. The third-order valence-corrected chi connectivity index (χ3v) is 2.21. The Balaban J connectivity index is 4.34. The highest BCUT2D eigenvalue weighted by atomic mass is 14.9. The second kappa shape index (κ2) is 6.69. The summed E-state index contributed by atoms with van der Waals surface area (Å²) in [6, 6.07) is 0.517. The molecule has 0 saturated carbocycles. The highest BCUT2D eigenvalue weighted by molar-refractivity contribution is 5.17. The van der Waals surface area contributed by atoms with E-state index in [4.69, 9.17) is 0 Å². The minimum atomic E-state index is 0.517. The fraction of sp³-hybridized carbons (Fsp3) is 0.692. The zero-order valence-corrected chi connectivity index (χ0v) is 10.5. The van der Waals surface area contributed by atoms with Crippen LogP contribution in [0.2, 0.25) is 0 Å². The van der Waals surface area contributed by atoms with E-state index in [0.29, 0.717) is 12.0 Å². The first-order valence-electron chi connectivity index (χ1n) is 5.61. The molecule has 0 aromatic rings. The summed E-state index contributed by atoms with van der Waals surface area (Å²) < 4.78 is 0. The van der Waals surface area contributed by atoms with Crippen LogP contribution in [0.4, 0.5) is 0 Å². The largest absolute Gasteiger partial charge is 0.386 e. The average Bonchev–Trinajstić information content (AvgIpc) is 2.03. The summed E-state index contributed by atoms with van der Waals surface area (Å²) in [7, 11) is 0. The van der Waals surface area contributed by atoms with Crippen LogP contribution in [-0.2, 0) is 0 Å². The van der Waals surface area contributed by atoms with Crippen molar-refractivity contribution < 1.29 is 0 Å². The van der Waals surface area contributed by atoms with Crippen molar-refractivity contribution in [3.8, 4) is 0 Å². The van der Waals surface area contributed by atoms with Crippen LogP contribution in [0, 0.1) is 5.92 Å². The van der Waals surface area contributed by atoms with Gasteiger partial charge < -0.3 is 5.32 Å². The maximum Gasteiger partial charge on any atom is 0.0201 e. The van der Waals surface area contributed by atoms with Gasteiger partial charge in [-0.25, -0.2) is 0 Å². The van der Waals surface area contributed by atoms with Crippen molar-refractivity contribution in [2.75, 3.05) is 0 Å². The molecule has 0 atom stereocenters. The van der Waals surface area contributed by atoms with Crippen LogP contribution >= 0.6 is 0 Å². The van der Waals surface area contributed by atoms with E-state index < -0.39 is 0 Å². The summed E-state index contributed by atoms with van der Waals surface area (Å²) in [6.45, 7) is 13.1. The molecule has 0 radical (unpaired) electrons. The first kappa shape index (κ1) is 13.3. The van der Waals surface area contributed by atoms with Gasteiger partial charge in [0.25, 0.3) is 0 Å². The van der Waals surface area contributed by atoms with Crippen molar-refractivity contribution in [2.24, 2.45) is 5.92 Å². The molecule has 0 aliphatic rings. The van der Waals surface area contributed by atoms with Gasteiger partial charge in [-0.1, -0.05) is 32.4 Å². The van der Waals surface area contributed by atoms with E-state index in [9.17, 15) is 0 Å². The van der Waals surface area contributed by atoms with Crippen molar-refractivity contribution in [2.45, 2.75) is 54.0 Å². The van der Waals surface area contributed by atoms with Crippen molar-refractivity contribution in [3.05, 3.63) is 23.4 Å². The van der Waals surface area contributed by atoms with Gasteiger partial charge in [0.1, 0.15) is 0 Å². The van der Waals surface area contributed by atoms with Crippen LogP contribution < -0.4 is 5.32 Å². The lowest BCUT2D eigenvalue weighted by Gasteiger charge is -2.10. The Bertz CT molecular complexity index is 209. The summed E-state index contributed by atoms with van der Waals surface area (Å²) in [6.07, 6.45) is 5.57. The Hall–Kier alpha value is -0.720. The highest BCUT2D eigenvalue weighted by Gasteiger charge is 1.98. The summed E-state index contributed by atoms with van der Waals surface area (Å²) in [5.74, 6) is 0.656. The van der Waals surface area contributed by atoms with E-state index in [-0.39, 0.29) is 0 Å². The third kappa shape index (κ3) is 5.85. The lowest BCUT2D eigenvalue weighted by Crippen LogP contribution is -2.19. The molecule has 0 aliphatic carbocycles. The fourth-order valence-corrected chi connectivity index (χ4v) is 1.45. The van der Waals surface area contributed by atoms with Crippen molar-refractivity contribution in [3.63, 3.8) is 0 Å². The van der Waals surface area contributed by atoms with E-state index >= 15 is 0 Å². The number of allylic oxidation sites excluding steroid dienone is 4. The molecule has 14 heavy (non-hydrogen) atoms. The molecule has 82 valence electrons. The Morgan fingerprint density at radius 2 is 1.71 bits per heavy atom. The van der Waals surface area contributed by atoms with Gasteiger partial charge in [-0.3, -0.25) is 0 Å². The van der Waals surface area contributed by atoms with Crippen LogP contribution in [0.25, 0.3) is 0 Å². The van der Waals surface area contributed by atoms with Crippen LogP contribution in [0.5, 0.6) is 0 Å². The lowest BCUT2D eigenvalue weighted by molar-refractivity contribution is 0.669. The number of rotatable bonds is 5. The summed E-state index contributed by atoms with van der Waals surface area (Å²) in [4.78, 5) is 0. The normalized spacial score (nSPS) is 14.0. The van der Waals surface area contributed by atoms with E-state index in [1.165, 1.54) is 11.3 Å². The second-order valence-corrected chi connectivity index (χ2v) is 4.40. The fourth-order valence-electron chi connectivity index (χ4n) is 1.45. The van der Waals surface area contributed by atoms with E-state index in [1.54, 1.807) is 0 Å². The molecule has 0 heterocycles. The van der Waals surface area contributed by atoms with Gasteiger partial charge in [0, 0.05) is 11.7 Å². The summed E-state index contributed by atoms with van der Waals surface area (Å²) in [5, 5.41) is 3.38. The SMILES string of the molecule is CC/C(=C\C=C(/C)NC(C)C)C(C)C. The number of hydrogen-bond donors (Lipinski definition) is 1. The molecular weight excluding hydrogens is 170 g/mol. The van der Waals surface area contributed by atoms with Crippen molar-refractivity contribution in [1.82, 2.24) is 5.32 Å². The Kier molecular flexibility index (Phi) is 6.35. The molecule has 0 amide bonds.